The second-order valence-corrected chi connectivity index (χ2v) is 8.32. The maximum atomic E-state index is 12.4. The van der Waals surface area contributed by atoms with Gasteiger partial charge in [-0.05, 0) is 32.8 Å². The Morgan fingerprint density at radius 3 is 2.38 bits per heavy atom. The van der Waals surface area contributed by atoms with Gasteiger partial charge in [0.05, 0.1) is 17.4 Å². The van der Waals surface area contributed by atoms with Crippen molar-refractivity contribution >= 4 is 11.7 Å². The van der Waals surface area contributed by atoms with Crippen LogP contribution in [0.15, 0.2) is 18.5 Å². The molecule has 6 heteroatoms. The number of amides is 1. The van der Waals surface area contributed by atoms with Crippen LogP contribution in [0.3, 0.4) is 0 Å². The molecule has 1 amide bonds. The van der Waals surface area contributed by atoms with Gasteiger partial charge in [0.2, 0.25) is 5.91 Å². The summed E-state index contributed by atoms with van der Waals surface area (Å²) < 4.78 is 3.65. The molecule has 132 valence electrons. The highest BCUT2D eigenvalue weighted by Gasteiger charge is 2.25. The third-order valence-electron chi connectivity index (χ3n) is 3.78. The van der Waals surface area contributed by atoms with Gasteiger partial charge in [0.15, 0.2) is 0 Å². The Bertz CT molecular complexity index is 713. The Balaban J connectivity index is 2.12. The first-order valence-corrected chi connectivity index (χ1v) is 8.35. The fourth-order valence-corrected chi connectivity index (χ4v) is 2.41. The van der Waals surface area contributed by atoms with Crippen LogP contribution in [0, 0.1) is 0 Å². The maximum absolute atomic E-state index is 12.4. The van der Waals surface area contributed by atoms with E-state index in [0.717, 1.165) is 17.1 Å². The molecule has 24 heavy (non-hydrogen) atoms. The van der Waals surface area contributed by atoms with Gasteiger partial charge in [-0.2, -0.15) is 10.2 Å². The summed E-state index contributed by atoms with van der Waals surface area (Å²) >= 11 is 0. The number of nitrogens with zero attached hydrogens (tertiary/aromatic N) is 4. The molecule has 0 spiro atoms. The number of aromatic nitrogens is 4. The van der Waals surface area contributed by atoms with Gasteiger partial charge in [-0.3, -0.25) is 9.48 Å². The van der Waals surface area contributed by atoms with Crippen LogP contribution in [0.4, 0.5) is 5.82 Å². The third-order valence-corrected chi connectivity index (χ3v) is 3.78. The zero-order chi connectivity index (χ0) is 18.1. The van der Waals surface area contributed by atoms with Gasteiger partial charge >= 0.3 is 0 Å². The lowest BCUT2D eigenvalue weighted by Gasteiger charge is -2.23. The molecule has 2 heterocycles. The monoisotopic (exact) mass is 331 g/mol. The summed E-state index contributed by atoms with van der Waals surface area (Å²) in [5.41, 5.74) is 1.77. The summed E-state index contributed by atoms with van der Waals surface area (Å²) in [6, 6.07) is 1.98. The van der Waals surface area contributed by atoms with Crippen molar-refractivity contribution in [2.24, 2.45) is 7.05 Å². The largest absolute Gasteiger partial charge is 0.311 e. The topological polar surface area (TPSA) is 64.7 Å². The number of rotatable bonds is 4. The fourth-order valence-electron chi connectivity index (χ4n) is 2.41. The lowest BCUT2D eigenvalue weighted by Crippen LogP contribution is -2.27. The summed E-state index contributed by atoms with van der Waals surface area (Å²) in [6.45, 7) is 12.6. The minimum Gasteiger partial charge on any atom is -0.311 e. The summed E-state index contributed by atoms with van der Waals surface area (Å²) in [7, 11) is 1.87. The van der Waals surface area contributed by atoms with Crippen molar-refractivity contribution in [1.82, 2.24) is 19.6 Å². The Kier molecular flexibility index (Phi) is 4.87. The Morgan fingerprint density at radius 2 is 1.88 bits per heavy atom. The highest BCUT2D eigenvalue weighted by Crippen LogP contribution is 2.28. The number of hydrogen-bond acceptors (Lipinski definition) is 3. The third kappa shape index (κ3) is 4.46. The quantitative estimate of drug-likeness (QED) is 0.935. The summed E-state index contributed by atoms with van der Waals surface area (Å²) in [4.78, 5) is 12.4. The average Bonchev–Trinajstić information content (AvgIpc) is 3.01. The van der Waals surface area contributed by atoms with Crippen LogP contribution >= 0.6 is 0 Å². The minimum atomic E-state index is -0.199. The van der Waals surface area contributed by atoms with E-state index in [2.05, 4.69) is 52.0 Å². The van der Waals surface area contributed by atoms with Crippen LogP contribution < -0.4 is 5.32 Å². The molecule has 2 aromatic heterocycles. The molecular formula is C18H29N5O. The summed E-state index contributed by atoms with van der Waals surface area (Å²) in [5.74, 6) is 0.744. The van der Waals surface area contributed by atoms with Crippen molar-refractivity contribution in [1.29, 1.82) is 0 Å². The second-order valence-electron chi connectivity index (χ2n) is 8.32. The van der Waals surface area contributed by atoms with E-state index in [-0.39, 0.29) is 16.9 Å². The van der Waals surface area contributed by atoms with Crippen LogP contribution in [0.2, 0.25) is 0 Å². The second kappa shape index (κ2) is 6.42. The number of nitrogens with one attached hydrogen (secondary N) is 1. The molecule has 6 nitrogen and oxygen atoms in total. The molecule has 0 aromatic carbocycles. The molecule has 0 aliphatic rings. The van der Waals surface area contributed by atoms with Crippen LogP contribution in [0.1, 0.15) is 59.2 Å². The molecule has 0 saturated heterocycles. The van der Waals surface area contributed by atoms with Crippen LogP contribution in [0.25, 0.3) is 0 Å². The van der Waals surface area contributed by atoms with E-state index in [1.165, 1.54) is 0 Å². The number of carbonyl (C=O) groups excluding carboxylic acids is 1. The van der Waals surface area contributed by atoms with Crippen molar-refractivity contribution in [2.45, 2.75) is 65.3 Å². The normalized spacial score (nSPS) is 12.5. The van der Waals surface area contributed by atoms with E-state index in [0.29, 0.717) is 12.8 Å². The van der Waals surface area contributed by atoms with Gasteiger partial charge in [-0.15, -0.1) is 0 Å². The van der Waals surface area contributed by atoms with Gasteiger partial charge < -0.3 is 5.32 Å². The number of carbonyl (C=O) groups is 1. The number of hydrogen-bond donors (Lipinski definition) is 1. The lowest BCUT2D eigenvalue weighted by atomic mass is 9.92. The standard InChI is InChI=1S/C18H29N5O/c1-17(2,3)14-10-15(23(21-14)18(4,5)6)20-16(24)9-8-13-11-19-22(7)12-13/h10-12H,8-9H2,1-7H3,(H,20,24). The zero-order valence-electron chi connectivity index (χ0n) is 15.8. The van der Waals surface area contributed by atoms with E-state index in [4.69, 9.17) is 5.10 Å². The number of anilines is 1. The predicted octanol–water partition coefficient (Wildman–Crippen LogP) is 3.24. The highest BCUT2D eigenvalue weighted by atomic mass is 16.1. The molecule has 1 N–H and O–H groups in total. The Labute approximate surface area is 144 Å². The molecule has 0 fully saturated rings. The van der Waals surface area contributed by atoms with Gasteiger partial charge in [0, 0.05) is 31.1 Å². The minimum absolute atomic E-state index is 0.00953. The van der Waals surface area contributed by atoms with Crippen LogP contribution in [0.5, 0.6) is 0 Å². The molecule has 2 rings (SSSR count). The first-order valence-electron chi connectivity index (χ1n) is 8.35. The van der Waals surface area contributed by atoms with Crippen LogP contribution in [-0.4, -0.2) is 25.5 Å². The molecule has 0 aliphatic heterocycles. The van der Waals surface area contributed by atoms with E-state index >= 15 is 0 Å². The first kappa shape index (κ1) is 18.2. The molecule has 0 aliphatic carbocycles. The van der Waals surface area contributed by atoms with Crippen molar-refractivity contribution in [3.8, 4) is 0 Å². The first-order chi connectivity index (χ1) is 11.0. The molecule has 2 aromatic rings. The van der Waals surface area contributed by atoms with Gasteiger partial charge in [-0.1, -0.05) is 20.8 Å². The van der Waals surface area contributed by atoms with E-state index in [1.54, 1.807) is 10.9 Å². The molecule has 0 unspecified atom stereocenters. The molecule has 0 saturated carbocycles. The van der Waals surface area contributed by atoms with Crippen LogP contribution in [-0.2, 0) is 29.2 Å². The number of aryl methyl sites for hydroxylation is 2. The molecule has 0 bridgehead atoms. The SMILES string of the molecule is Cn1cc(CCC(=O)Nc2cc(C(C)(C)C)nn2C(C)(C)C)cn1. The molecular weight excluding hydrogens is 302 g/mol. The highest BCUT2D eigenvalue weighted by molar-refractivity contribution is 5.90. The molecule has 0 radical (unpaired) electrons. The Morgan fingerprint density at radius 1 is 1.21 bits per heavy atom. The summed E-state index contributed by atoms with van der Waals surface area (Å²) in [5, 5.41) is 11.9. The summed E-state index contributed by atoms with van der Waals surface area (Å²) in [6.07, 6.45) is 4.83. The van der Waals surface area contributed by atoms with E-state index in [1.807, 2.05) is 24.0 Å². The van der Waals surface area contributed by atoms with Crippen molar-refractivity contribution < 1.29 is 4.79 Å². The van der Waals surface area contributed by atoms with Crippen molar-refractivity contribution in [3.63, 3.8) is 0 Å². The van der Waals surface area contributed by atoms with Crippen molar-refractivity contribution in [2.75, 3.05) is 5.32 Å². The zero-order valence-corrected chi connectivity index (χ0v) is 15.8. The Hall–Kier alpha value is -2.11. The smallest absolute Gasteiger partial charge is 0.225 e. The fraction of sp³-hybridized carbons (Fsp3) is 0.611. The molecule has 0 atom stereocenters. The lowest BCUT2D eigenvalue weighted by molar-refractivity contribution is -0.116. The van der Waals surface area contributed by atoms with E-state index < -0.39 is 0 Å². The average molecular weight is 331 g/mol. The van der Waals surface area contributed by atoms with E-state index in [9.17, 15) is 4.79 Å². The van der Waals surface area contributed by atoms with Gasteiger partial charge in [0.25, 0.3) is 0 Å². The predicted molar refractivity (Wildman–Crippen MR) is 96.1 cm³/mol. The van der Waals surface area contributed by atoms with Gasteiger partial charge in [-0.25, -0.2) is 4.68 Å². The van der Waals surface area contributed by atoms with Crippen molar-refractivity contribution in [3.05, 3.63) is 29.7 Å². The maximum Gasteiger partial charge on any atom is 0.225 e. The van der Waals surface area contributed by atoms with Gasteiger partial charge in [0.1, 0.15) is 5.82 Å².